The van der Waals surface area contributed by atoms with Crippen LogP contribution in [0.15, 0.2) is 53.1 Å². The lowest BCUT2D eigenvalue weighted by Crippen LogP contribution is -2.28. The van der Waals surface area contributed by atoms with Crippen LogP contribution in [0.2, 0.25) is 0 Å². The zero-order chi connectivity index (χ0) is 20.3. The number of hydrogen-bond donors (Lipinski definition) is 0. The van der Waals surface area contributed by atoms with E-state index in [2.05, 4.69) is 24.0 Å². The highest BCUT2D eigenvalue weighted by Crippen LogP contribution is 2.21. The van der Waals surface area contributed by atoms with Crippen LogP contribution in [0.25, 0.3) is 11.4 Å². The summed E-state index contributed by atoms with van der Waals surface area (Å²) in [5, 5.41) is 3.93. The van der Waals surface area contributed by atoms with Gasteiger partial charge in [0.15, 0.2) is 0 Å². The minimum Gasteiger partial charge on any atom is -0.338 e. The molecule has 0 saturated heterocycles. The molecule has 0 fully saturated rings. The second-order valence-electron chi connectivity index (χ2n) is 6.89. The highest BCUT2D eigenvalue weighted by Gasteiger charge is 2.23. The van der Waals surface area contributed by atoms with E-state index in [4.69, 9.17) is 4.52 Å². The Hall–Kier alpha value is -2.58. The fourth-order valence-corrected chi connectivity index (χ4v) is 3.82. The molecule has 1 aromatic heterocycles. The SMILES string of the molecule is CC(C)c1ccc(-c2noc(CN(C)S(=O)(=O)Cc3ccccc3F)n2)cc1. The van der Waals surface area contributed by atoms with Crippen LogP contribution in [0, 0.1) is 5.82 Å². The molecule has 3 rings (SSSR count). The molecule has 0 aliphatic rings. The van der Waals surface area contributed by atoms with Gasteiger partial charge in [-0.3, -0.25) is 0 Å². The number of halogens is 1. The normalized spacial score (nSPS) is 12.1. The molecule has 1 heterocycles. The lowest BCUT2D eigenvalue weighted by atomic mass is 10.0. The first kappa shape index (κ1) is 20.2. The molecule has 0 atom stereocenters. The molecule has 0 spiro atoms. The highest BCUT2D eigenvalue weighted by atomic mass is 32.2. The van der Waals surface area contributed by atoms with E-state index in [-0.39, 0.29) is 18.0 Å². The van der Waals surface area contributed by atoms with Crippen LogP contribution < -0.4 is 0 Å². The largest absolute Gasteiger partial charge is 0.338 e. The van der Waals surface area contributed by atoms with Gasteiger partial charge in [-0.2, -0.15) is 9.29 Å². The van der Waals surface area contributed by atoms with Gasteiger partial charge in [0, 0.05) is 18.2 Å². The van der Waals surface area contributed by atoms with Gasteiger partial charge < -0.3 is 4.52 Å². The summed E-state index contributed by atoms with van der Waals surface area (Å²) in [6.45, 7) is 4.13. The predicted octanol–water partition coefficient (Wildman–Crippen LogP) is 3.96. The molecule has 2 aromatic carbocycles. The van der Waals surface area contributed by atoms with Crippen molar-refractivity contribution >= 4 is 10.0 Å². The number of aromatic nitrogens is 2. The first-order valence-electron chi connectivity index (χ1n) is 8.86. The van der Waals surface area contributed by atoms with E-state index in [1.807, 2.05) is 24.3 Å². The van der Waals surface area contributed by atoms with Crippen molar-refractivity contribution in [2.75, 3.05) is 7.05 Å². The summed E-state index contributed by atoms with van der Waals surface area (Å²) < 4.78 is 45.0. The third-order valence-corrected chi connectivity index (χ3v) is 6.19. The molecule has 8 heteroatoms. The van der Waals surface area contributed by atoms with Crippen LogP contribution in [-0.4, -0.2) is 29.9 Å². The number of benzene rings is 2. The van der Waals surface area contributed by atoms with Crippen molar-refractivity contribution in [2.45, 2.75) is 32.1 Å². The van der Waals surface area contributed by atoms with E-state index in [1.54, 1.807) is 6.07 Å². The molecule has 0 aliphatic carbocycles. The molecule has 28 heavy (non-hydrogen) atoms. The summed E-state index contributed by atoms with van der Waals surface area (Å²) >= 11 is 0. The minimum absolute atomic E-state index is 0.0894. The minimum atomic E-state index is -3.74. The summed E-state index contributed by atoms with van der Waals surface area (Å²) in [6.07, 6.45) is 0. The van der Waals surface area contributed by atoms with E-state index in [0.29, 0.717) is 11.7 Å². The van der Waals surface area contributed by atoms with E-state index < -0.39 is 21.6 Å². The van der Waals surface area contributed by atoms with Gasteiger partial charge in [0.1, 0.15) is 5.82 Å². The zero-order valence-corrected chi connectivity index (χ0v) is 16.8. The number of rotatable bonds is 7. The molecule has 0 amide bonds. The Morgan fingerprint density at radius 2 is 1.79 bits per heavy atom. The molecule has 0 aliphatic heterocycles. The van der Waals surface area contributed by atoms with Gasteiger partial charge in [-0.25, -0.2) is 12.8 Å². The average molecular weight is 403 g/mol. The Labute approximate surface area is 164 Å². The first-order chi connectivity index (χ1) is 13.3. The maximum absolute atomic E-state index is 13.8. The maximum Gasteiger partial charge on any atom is 0.242 e. The predicted molar refractivity (Wildman–Crippen MR) is 104 cm³/mol. The summed E-state index contributed by atoms with van der Waals surface area (Å²) in [4.78, 5) is 4.28. The molecule has 0 bridgehead atoms. The molecule has 6 nitrogen and oxygen atoms in total. The van der Waals surface area contributed by atoms with Gasteiger partial charge in [0.25, 0.3) is 0 Å². The van der Waals surface area contributed by atoms with E-state index in [1.165, 1.54) is 30.8 Å². The van der Waals surface area contributed by atoms with Gasteiger partial charge in [-0.15, -0.1) is 0 Å². The summed E-state index contributed by atoms with van der Waals surface area (Å²) in [5.41, 5.74) is 2.11. The van der Waals surface area contributed by atoms with E-state index in [0.717, 1.165) is 9.87 Å². The van der Waals surface area contributed by atoms with E-state index >= 15 is 0 Å². The van der Waals surface area contributed by atoms with Crippen molar-refractivity contribution in [1.29, 1.82) is 0 Å². The molecule has 0 N–H and O–H groups in total. The number of nitrogens with zero attached hydrogens (tertiary/aromatic N) is 3. The van der Waals surface area contributed by atoms with Gasteiger partial charge in [-0.1, -0.05) is 61.5 Å². The first-order valence-corrected chi connectivity index (χ1v) is 10.5. The standard InChI is InChI=1S/C20H22FN3O3S/c1-14(2)15-8-10-16(11-9-15)20-22-19(27-23-20)12-24(3)28(25,26)13-17-6-4-5-7-18(17)21/h4-11,14H,12-13H2,1-3H3. The fraction of sp³-hybridized carbons (Fsp3) is 0.300. The second kappa shape index (κ2) is 8.20. The zero-order valence-electron chi connectivity index (χ0n) is 16.0. The van der Waals surface area contributed by atoms with Crippen molar-refractivity contribution < 1.29 is 17.3 Å². The Morgan fingerprint density at radius 1 is 1.11 bits per heavy atom. The quantitative estimate of drug-likeness (QED) is 0.597. The summed E-state index contributed by atoms with van der Waals surface area (Å²) in [5.74, 6) is -0.00581. The Kier molecular flexibility index (Phi) is 5.90. The van der Waals surface area contributed by atoms with Crippen molar-refractivity contribution in [1.82, 2.24) is 14.4 Å². The summed E-state index contributed by atoms with van der Waals surface area (Å²) in [7, 11) is -2.34. The highest BCUT2D eigenvalue weighted by molar-refractivity contribution is 7.88. The molecule has 0 saturated carbocycles. The van der Waals surface area contributed by atoms with Crippen LogP contribution >= 0.6 is 0 Å². The van der Waals surface area contributed by atoms with Crippen LogP contribution in [0.4, 0.5) is 4.39 Å². The third-order valence-electron chi connectivity index (χ3n) is 4.43. The number of sulfonamides is 1. The van der Waals surface area contributed by atoms with Crippen molar-refractivity contribution in [3.8, 4) is 11.4 Å². The Balaban J connectivity index is 1.71. The number of hydrogen-bond acceptors (Lipinski definition) is 5. The smallest absolute Gasteiger partial charge is 0.242 e. The Bertz CT molecular complexity index is 1050. The van der Waals surface area contributed by atoms with Gasteiger partial charge in [0.2, 0.25) is 21.7 Å². The van der Waals surface area contributed by atoms with Crippen molar-refractivity contribution in [3.05, 3.63) is 71.4 Å². The monoisotopic (exact) mass is 403 g/mol. The molecule has 3 aromatic rings. The second-order valence-corrected chi connectivity index (χ2v) is 8.97. The molecular weight excluding hydrogens is 381 g/mol. The van der Waals surface area contributed by atoms with Gasteiger partial charge in [0.05, 0.1) is 12.3 Å². The van der Waals surface area contributed by atoms with Crippen LogP contribution in [0.1, 0.15) is 36.8 Å². The average Bonchev–Trinajstić information content (AvgIpc) is 3.12. The Morgan fingerprint density at radius 3 is 2.43 bits per heavy atom. The maximum atomic E-state index is 13.8. The van der Waals surface area contributed by atoms with Gasteiger partial charge in [-0.05, 0) is 17.5 Å². The lowest BCUT2D eigenvalue weighted by molar-refractivity contribution is 0.336. The summed E-state index contributed by atoms with van der Waals surface area (Å²) in [6, 6.07) is 13.6. The van der Waals surface area contributed by atoms with Crippen molar-refractivity contribution in [2.24, 2.45) is 0 Å². The van der Waals surface area contributed by atoms with Crippen LogP contribution in [0.3, 0.4) is 0 Å². The lowest BCUT2D eigenvalue weighted by Gasteiger charge is -2.15. The third kappa shape index (κ3) is 4.63. The molecular formula is C20H22FN3O3S. The topological polar surface area (TPSA) is 76.3 Å². The van der Waals surface area contributed by atoms with Crippen LogP contribution in [-0.2, 0) is 22.3 Å². The molecule has 148 valence electrons. The fourth-order valence-electron chi connectivity index (χ4n) is 2.66. The van der Waals surface area contributed by atoms with Crippen LogP contribution in [0.5, 0.6) is 0 Å². The molecule has 0 radical (unpaired) electrons. The van der Waals surface area contributed by atoms with Gasteiger partial charge >= 0.3 is 0 Å². The van der Waals surface area contributed by atoms with E-state index in [9.17, 15) is 12.8 Å². The van der Waals surface area contributed by atoms with Crippen molar-refractivity contribution in [3.63, 3.8) is 0 Å². The molecule has 0 unspecified atom stereocenters.